The number of guanidine groups is 1. The number of hydrogen-bond acceptors (Lipinski definition) is 5. The summed E-state index contributed by atoms with van der Waals surface area (Å²) in [7, 11) is 3.96. The fraction of sp³-hybridized carbons (Fsp3) is 0.500. The summed E-state index contributed by atoms with van der Waals surface area (Å²) in [6.07, 6.45) is 2.81. The van der Waals surface area contributed by atoms with Gasteiger partial charge in [-0.1, -0.05) is 17.7 Å². The van der Waals surface area contributed by atoms with Crippen LogP contribution in [-0.4, -0.2) is 62.7 Å². The number of thiazole rings is 1. The number of likely N-dealkylation sites (N-methyl/N-ethyl adjacent to an activating group) is 1. The van der Waals surface area contributed by atoms with Gasteiger partial charge in [0.2, 0.25) is 0 Å². The second-order valence-electron chi connectivity index (χ2n) is 7.00. The summed E-state index contributed by atoms with van der Waals surface area (Å²) < 4.78 is 0. The van der Waals surface area contributed by atoms with Crippen molar-refractivity contribution >= 4 is 58.6 Å². The third-order valence-corrected chi connectivity index (χ3v) is 6.22. The Morgan fingerprint density at radius 1 is 1.24 bits per heavy atom. The Morgan fingerprint density at radius 3 is 2.66 bits per heavy atom. The zero-order chi connectivity index (χ0) is 19.9. The van der Waals surface area contributed by atoms with Crippen molar-refractivity contribution < 1.29 is 0 Å². The highest BCUT2D eigenvalue weighted by atomic mass is 127. The van der Waals surface area contributed by atoms with Crippen molar-refractivity contribution in [1.29, 1.82) is 0 Å². The summed E-state index contributed by atoms with van der Waals surface area (Å²) in [6.45, 7) is 7.68. The molecule has 0 aliphatic carbocycles. The molecule has 6 nitrogen and oxygen atoms in total. The molecule has 1 aromatic heterocycles. The lowest BCUT2D eigenvalue weighted by Crippen LogP contribution is -2.45. The monoisotopic (exact) mass is 548 g/mol. The first kappa shape index (κ1) is 24.2. The number of nitrogens with zero attached hydrogens (tertiary/aromatic N) is 4. The van der Waals surface area contributed by atoms with Gasteiger partial charge in [0.05, 0.1) is 5.01 Å². The summed E-state index contributed by atoms with van der Waals surface area (Å²) >= 11 is 8.29. The number of hydrogen-bond donors (Lipinski definition) is 2. The predicted molar refractivity (Wildman–Crippen MR) is 135 cm³/mol. The lowest BCUT2D eigenvalue weighted by Gasteiger charge is -2.35. The molecular weight excluding hydrogens is 519 g/mol. The molecule has 2 aromatic rings. The van der Waals surface area contributed by atoms with Crippen molar-refractivity contribution in [2.75, 3.05) is 51.7 Å². The molecule has 1 aromatic carbocycles. The normalized spacial score (nSPS) is 15.2. The Labute approximate surface area is 199 Å². The van der Waals surface area contributed by atoms with E-state index in [1.54, 1.807) is 18.4 Å². The molecule has 2 N–H and O–H groups in total. The molecule has 29 heavy (non-hydrogen) atoms. The van der Waals surface area contributed by atoms with Gasteiger partial charge in [-0.3, -0.25) is 4.99 Å². The van der Waals surface area contributed by atoms with Crippen LogP contribution in [0.1, 0.15) is 15.4 Å². The molecule has 160 valence electrons. The third kappa shape index (κ3) is 6.97. The van der Waals surface area contributed by atoms with E-state index in [4.69, 9.17) is 11.6 Å². The van der Waals surface area contributed by atoms with Crippen LogP contribution in [0.15, 0.2) is 29.4 Å². The molecule has 3 rings (SSSR count). The minimum atomic E-state index is 0. The van der Waals surface area contributed by atoms with Gasteiger partial charge in [0, 0.05) is 80.1 Å². The first-order chi connectivity index (χ1) is 13.6. The number of rotatable bonds is 6. The second-order valence-corrected chi connectivity index (χ2v) is 8.72. The number of aromatic nitrogens is 1. The molecule has 0 unspecified atom stereocenters. The van der Waals surface area contributed by atoms with Crippen molar-refractivity contribution in [2.24, 2.45) is 4.99 Å². The predicted octanol–water partition coefficient (Wildman–Crippen LogP) is 3.38. The standard InChI is InChI=1S/C20H29ClN6S.HI/c1-15-13-24-19(28-15)7-8-23-20(22-2)25-14-16-17(21)5-4-6-18(16)27-11-9-26(3)10-12-27;/h4-6,13H,7-12,14H2,1-3H3,(H2,22,23,25);1H. The van der Waals surface area contributed by atoms with Crippen LogP contribution >= 0.6 is 46.9 Å². The highest BCUT2D eigenvalue weighted by Crippen LogP contribution is 2.28. The number of piperazine rings is 1. The van der Waals surface area contributed by atoms with E-state index in [0.717, 1.165) is 60.7 Å². The Kier molecular flexibility index (Phi) is 9.94. The smallest absolute Gasteiger partial charge is 0.191 e. The maximum absolute atomic E-state index is 6.55. The molecule has 2 heterocycles. The number of aliphatic imine (C=N–C) groups is 1. The van der Waals surface area contributed by atoms with Gasteiger partial charge in [-0.25, -0.2) is 4.98 Å². The van der Waals surface area contributed by atoms with Crippen molar-refractivity contribution in [1.82, 2.24) is 20.5 Å². The summed E-state index contributed by atoms with van der Waals surface area (Å²) in [5.74, 6) is 0.775. The maximum Gasteiger partial charge on any atom is 0.191 e. The van der Waals surface area contributed by atoms with Gasteiger partial charge in [0.1, 0.15) is 0 Å². The average Bonchev–Trinajstić information content (AvgIpc) is 3.11. The van der Waals surface area contributed by atoms with E-state index in [0.29, 0.717) is 6.54 Å². The summed E-state index contributed by atoms with van der Waals surface area (Å²) in [6, 6.07) is 6.15. The third-order valence-electron chi connectivity index (χ3n) is 4.89. The van der Waals surface area contributed by atoms with Gasteiger partial charge >= 0.3 is 0 Å². The Hall–Kier alpha value is -1.10. The average molecular weight is 549 g/mol. The molecule has 0 atom stereocenters. The molecule has 9 heteroatoms. The fourth-order valence-electron chi connectivity index (χ4n) is 3.26. The SMILES string of the molecule is CN=C(NCCc1ncc(C)s1)NCc1c(Cl)cccc1N1CCN(C)CC1.I. The van der Waals surface area contributed by atoms with Crippen LogP contribution in [0, 0.1) is 6.92 Å². The molecular formula is C20H30ClIN6S. The van der Waals surface area contributed by atoms with Gasteiger partial charge in [-0.05, 0) is 26.1 Å². The van der Waals surface area contributed by atoms with Crippen molar-refractivity contribution in [3.8, 4) is 0 Å². The fourth-order valence-corrected chi connectivity index (χ4v) is 4.29. The molecule has 0 radical (unpaired) electrons. The van der Waals surface area contributed by atoms with Gasteiger partial charge in [0.25, 0.3) is 0 Å². The van der Waals surface area contributed by atoms with Gasteiger partial charge in [-0.2, -0.15) is 0 Å². The molecule has 0 amide bonds. The van der Waals surface area contributed by atoms with E-state index in [2.05, 4.69) is 50.4 Å². The van der Waals surface area contributed by atoms with Crippen molar-refractivity contribution in [3.05, 3.63) is 44.9 Å². The zero-order valence-corrected chi connectivity index (χ0v) is 21.1. The number of halogens is 2. The number of aryl methyl sites for hydroxylation is 1. The molecule has 0 spiro atoms. The second kappa shape index (κ2) is 11.9. The van der Waals surface area contributed by atoms with E-state index in [1.165, 1.54) is 10.6 Å². The van der Waals surface area contributed by atoms with Gasteiger partial charge in [0.15, 0.2) is 5.96 Å². The van der Waals surface area contributed by atoms with Crippen molar-refractivity contribution in [3.63, 3.8) is 0 Å². The first-order valence-corrected chi connectivity index (χ1v) is 10.8. The van der Waals surface area contributed by atoms with Crippen LogP contribution in [0.2, 0.25) is 5.02 Å². The van der Waals surface area contributed by atoms with E-state index in [1.807, 2.05) is 18.3 Å². The van der Waals surface area contributed by atoms with Crippen LogP contribution in [0.25, 0.3) is 0 Å². The Balaban J connectivity index is 0.00000300. The lowest BCUT2D eigenvalue weighted by molar-refractivity contribution is 0.312. The number of nitrogens with one attached hydrogen (secondary N) is 2. The molecule has 0 saturated carbocycles. The summed E-state index contributed by atoms with van der Waals surface area (Å²) in [5, 5.41) is 8.70. The summed E-state index contributed by atoms with van der Waals surface area (Å²) in [5.41, 5.74) is 2.33. The van der Waals surface area contributed by atoms with Crippen LogP contribution in [0.3, 0.4) is 0 Å². The van der Waals surface area contributed by atoms with E-state index >= 15 is 0 Å². The lowest BCUT2D eigenvalue weighted by atomic mass is 10.1. The van der Waals surface area contributed by atoms with Gasteiger partial charge in [-0.15, -0.1) is 35.3 Å². The molecule has 1 fully saturated rings. The quantitative estimate of drug-likeness (QED) is 0.329. The van der Waals surface area contributed by atoms with Crippen LogP contribution < -0.4 is 15.5 Å². The van der Waals surface area contributed by atoms with E-state index in [-0.39, 0.29) is 24.0 Å². The van der Waals surface area contributed by atoms with Gasteiger partial charge < -0.3 is 20.4 Å². The molecule has 1 aliphatic heterocycles. The topological polar surface area (TPSA) is 55.8 Å². The largest absolute Gasteiger partial charge is 0.369 e. The minimum Gasteiger partial charge on any atom is -0.369 e. The molecule has 1 saturated heterocycles. The van der Waals surface area contributed by atoms with Crippen LogP contribution in [0.5, 0.6) is 0 Å². The van der Waals surface area contributed by atoms with E-state index in [9.17, 15) is 0 Å². The molecule has 0 bridgehead atoms. The first-order valence-electron chi connectivity index (χ1n) is 9.63. The minimum absolute atomic E-state index is 0. The number of benzene rings is 1. The number of anilines is 1. The van der Waals surface area contributed by atoms with Crippen LogP contribution in [-0.2, 0) is 13.0 Å². The maximum atomic E-state index is 6.55. The Morgan fingerprint density at radius 2 is 2.00 bits per heavy atom. The van der Waals surface area contributed by atoms with Crippen LogP contribution in [0.4, 0.5) is 5.69 Å². The highest BCUT2D eigenvalue weighted by molar-refractivity contribution is 14.0. The van der Waals surface area contributed by atoms with Crippen molar-refractivity contribution in [2.45, 2.75) is 19.9 Å². The van der Waals surface area contributed by atoms with E-state index < -0.39 is 0 Å². The highest BCUT2D eigenvalue weighted by Gasteiger charge is 2.18. The summed E-state index contributed by atoms with van der Waals surface area (Å²) in [4.78, 5) is 14.8. The Bertz CT molecular complexity index is 804. The molecule has 1 aliphatic rings. The zero-order valence-electron chi connectivity index (χ0n) is 17.2.